The molecule has 134 valence electrons. The number of nitrogens with one attached hydrogen (secondary N) is 1. The molecule has 2 heterocycles. The zero-order chi connectivity index (χ0) is 17.9. The average Bonchev–Trinajstić information content (AvgIpc) is 2.62. The molecule has 7 nitrogen and oxygen atoms in total. The van der Waals surface area contributed by atoms with Crippen LogP contribution in [0.5, 0.6) is 0 Å². The van der Waals surface area contributed by atoms with E-state index in [1.165, 1.54) is 12.1 Å². The van der Waals surface area contributed by atoms with Gasteiger partial charge < -0.3 is 9.80 Å². The first-order valence-electron chi connectivity index (χ1n) is 8.07. The highest BCUT2D eigenvalue weighted by molar-refractivity contribution is 7.92. The third-order valence-electron chi connectivity index (χ3n) is 4.16. The van der Waals surface area contributed by atoms with E-state index in [-0.39, 0.29) is 10.7 Å². The molecule has 0 unspecified atom stereocenters. The molecule has 0 atom stereocenters. The van der Waals surface area contributed by atoms with Crippen LogP contribution in [0.4, 0.5) is 16.0 Å². The maximum Gasteiger partial charge on any atom is 0.263 e. The number of aromatic nitrogens is 2. The third-order valence-corrected chi connectivity index (χ3v) is 5.53. The Morgan fingerprint density at radius 1 is 1.04 bits per heavy atom. The number of hydrogen-bond acceptors (Lipinski definition) is 6. The summed E-state index contributed by atoms with van der Waals surface area (Å²) in [7, 11) is -3.82. The van der Waals surface area contributed by atoms with Crippen LogP contribution in [0, 0.1) is 5.82 Å². The van der Waals surface area contributed by atoms with E-state index in [0.717, 1.165) is 50.7 Å². The van der Waals surface area contributed by atoms with Gasteiger partial charge in [-0.05, 0) is 42.9 Å². The van der Waals surface area contributed by atoms with E-state index in [1.54, 1.807) is 12.1 Å². The Morgan fingerprint density at radius 2 is 1.72 bits per heavy atom. The summed E-state index contributed by atoms with van der Waals surface area (Å²) in [6.45, 7) is 6.84. The molecule has 0 spiro atoms. The van der Waals surface area contributed by atoms with Crippen molar-refractivity contribution in [3.05, 3.63) is 42.2 Å². The first-order valence-corrected chi connectivity index (χ1v) is 9.55. The number of hydrogen-bond donors (Lipinski definition) is 1. The lowest BCUT2D eigenvalue weighted by Crippen LogP contribution is -2.46. The molecule has 9 heteroatoms. The lowest BCUT2D eigenvalue weighted by Gasteiger charge is -2.34. The van der Waals surface area contributed by atoms with Crippen molar-refractivity contribution in [3.8, 4) is 0 Å². The van der Waals surface area contributed by atoms with Gasteiger partial charge in [-0.1, -0.05) is 6.92 Å². The molecule has 1 aromatic heterocycles. The fraction of sp³-hybridized carbons (Fsp3) is 0.375. The molecule has 0 radical (unpaired) electrons. The first kappa shape index (κ1) is 17.6. The lowest BCUT2D eigenvalue weighted by molar-refractivity contribution is 0.270. The zero-order valence-electron chi connectivity index (χ0n) is 13.9. The van der Waals surface area contributed by atoms with Gasteiger partial charge >= 0.3 is 0 Å². The lowest BCUT2D eigenvalue weighted by atomic mass is 10.3. The number of anilines is 2. The van der Waals surface area contributed by atoms with E-state index in [2.05, 4.69) is 31.6 Å². The van der Waals surface area contributed by atoms with Crippen molar-refractivity contribution in [3.63, 3.8) is 0 Å². The SMILES string of the molecule is CCN1CCN(c2ccc(NS(=O)(=O)c3ccc(F)cc3)nn2)CC1. The molecule has 1 saturated heterocycles. The quantitative estimate of drug-likeness (QED) is 0.866. The van der Waals surface area contributed by atoms with Crippen molar-refractivity contribution < 1.29 is 12.8 Å². The van der Waals surface area contributed by atoms with Crippen molar-refractivity contribution >= 4 is 21.7 Å². The van der Waals surface area contributed by atoms with Gasteiger partial charge in [-0.3, -0.25) is 4.72 Å². The molecule has 0 amide bonds. The number of rotatable bonds is 5. The van der Waals surface area contributed by atoms with Crippen LogP contribution in [-0.2, 0) is 10.0 Å². The van der Waals surface area contributed by atoms with Gasteiger partial charge in [0.2, 0.25) is 0 Å². The molecular formula is C16H20FN5O2S. The smallest absolute Gasteiger partial charge is 0.263 e. The van der Waals surface area contributed by atoms with Crippen LogP contribution in [-0.4, -0.2) is 56.2 Å². The molecule has 0 saturated carbocycles. The topological polar surface area (TPSA) is 78.4 Å². The van der Waals surface area contributed by atoms with Gasteiger partial charge in [-0.15, -0.1) is 10.2 Å². The van der Waals surface area contributed by atoms with Crippen molar-refractivity contribution in [1.29, 1.82) is 0 Å². The number of halogens is 1. The molecule has 1 N–H and O–H groups in total. The predicted molar refractivity (Wildman–Crippen MR) is 93.6 cm³/mol. The number of likely N-dealkylation sites (N-methyl/N-ethyl adjacent to an activating group) is 1. The summed E-state index contributed by atoms with van der Waals surface area (Å²) < 4.78 is 39.8. The van der Waals surface area contributed by atoms with Crippen LogP contribution in [0.25, 0.3) is 0 Å². The van der Waals surface area contributed by atoms with E-state index in [1.807, 2.05) is 0 Å². The summed E-state index contributed by atoms with van der Waals surface area (Å²) in [6.07, 6.45) is 0. The molecule has 1 aromatic carbocycles. The van der Waals surface area contributed by atoms with E-state index >= 15 is 0 Å². The molecule has 3 rings (SSSR count). The highest BCUT2D eigenvalue weighted by atomic mass is 32.2. The molecule has 0 aliphatic carbocycles. The maximum atomic E-state index is 12.9. The number of piperazine rings is 1. The van der Waals surface area contributed by atoms with Crippen molar-refractivity contribution in [2.24, 2.45) is 0 Å². The fourth-order valence-corrected chi connectivity index (χ4v) is 3.65. The van der Waals surface area contributed by atoms with Gasteiger partial charge in [0.25, 0.3) is 10.0 Å². The Labute approximate surface area is 146 Å². The van der Waals surface area contributed by atoms with Gasteiger partial charge in [-0.2, -0.15) is 0 Å². The van der Waals surface area contributed by atoms with Gasteiger partial charge in [-0.25, -0.2) is 12.8 Å². The normalized spacial score (nSPS) is 16.0. The standard InChI is InChI=1S/C16H20FN5O2S/c1-2-21-9-11-22(12-10-21)16-8-7-15(18-19-16)20-25(23,24)14-5-3-13(17)4-6-14/h3-8H,2,9-12H2,1H3,(H,18,20). The summed E-state index contributed by atoms with van der Waals surface area (Å²) >= 11 is 0. The summed E-state index contributed by atoms with van der Waals surface area (Å²) in [5.74, 6) is 0.354. The fourth-order valence-electron chi connectivity index (χ4n) is 2.65. The van der Waals surface area contributed by atoms with Crippen LogP contribution >= 0.6 is 0 Å². The zero-order valence-corrected chi connectivity index (χ0v) is 14.7. The second-order valence-electron chi connectivity index (χ2n) is 5.76. The second kappa shape index (κ2) is 7.32. The van der Waals surface area contributed by atoms with Crippen LogP contribution in [0.1, 0.15) is 6.92 Å². The average molecular weight is 365 g/mol. The molecule has 1 fully saturated rings. The Morgan fingerprint density at radius 3 is 2.28 bits per heavy atom. The van der Waals surface area contributed by atoms with Gasteiger partial charge in [0.1, 0.15) is 5.82 Å². The van der Waals surface area contributed by atoms with Crippen LogP contribution in [0.2, 0.25) is 0 Å². The van der Waals surface area contributed by atoms with Gasteiger partial charge in [0.05, 0.1) is 4.90 Å². The van der Waals surface area contributed by atoms with Crippen LogP contribution in [0.3, 0.4) is 0 Å². The highest BCUT2D eigenvalue weighted by Crippen LogP contribution is 2.17. The monoisotopic (exact) mass is 365 g/mol. The van der Waals surface area contributed by atoms with E-state index in [9.17, 15) is 12.8 Å². The minimum Gasteiger partial charge on any atom is -0.353 e. The van der Waals surface area contributed by atoms with E-state index < -0.39 is 15.8 Å². The van der Waals surface area contributed by atoms with Gasteiger partial charge in [0.15, 0.2) is 11.6 Å². The Kier molecular flexibility index (Phi) is 5.14. The van der Waals surface area contributed by atoms with Crippen molar-refractivity contribution in [2.75, 3.05) is 42.3 Å². The van der Waals surface area contributed by atoms with Crippen LogP contribution < -0.4 is 9.62 Å². The van der Waals surface area contributed by atoms with Gasteiger partial charge in [0, 0.05) is 26.2 Å². The molecule has 1 aliphatic heterocycles. The minimum atomic E-state index is -3.82. The number of nitrogens with zero attached hydrogens (tertiary/aromatic N) is 4. The Bertz CT molecular complexity index is 803. The number of benzene rings is 1. The van der Waals surface area contributed by atoms with E-state index in [4.69, 9.17) is 0 Å². The number of sulfonamides is 1. The molecule has 2 aromatic rings. The van der Waals surface area contributed by atoms with Crippen LogP contribution in [0.15, 0.2) is 41.3 Å². The molecule has 0 bridgehead atoms. The Balaban J connectivity index is 1.67. The van der Waals surface area contributed by atoms with E-state index in [0.29, 0.717) is 0 Å². The maximum absolute atomic E-state index is 12.9. The third kappa shape index (κ3) is 4.23. The second-order valence-corrected chi connectivity index (χ2v) is 7.44. The molecule has 25 heavy (non-hydrogen) atoms. The Hall–Kier alpha value is -2.26. The highest BCUT2D eigenvalue weighted by Gasteiger charge is 2.18. The molecule has 1 aliphatic rings. The predicted octanol–water partition coefficient (Wildman–Crippen LogP) is 1.56. The first-order chi connectivity index (χ1) is 12.0. The molecular weight excluding hydrogens is 345 g/mol. The summed E-state index contributed by atoms with van der Waals surface area (Å²) in [5, 5.41) is 8.07. The van der Waals surface area contributed by atoms with Crippen molar-refractivity contribution in [1.82, 2.24) is 15.1 Å². The van der Waals surface area contributed by atoms with Crippen molar-refractivity contribution in [2.45, 2.75) is 11.8 Å². The summed E-state index contributed by atoms with van der Waals surface area (Å²) in [4.78, 5) is 4.45. The minimum absolute atomic E-state index is 0.0320. The summed E-state index contributed by atoms with van der Waals surface area (Å²) in [5.41, 5.74) is 0. The summed E-state index contributed by atoms with van der Waals surface area (Å²) in [6, 6.07) is 7.92. The largest absolute Gasteiger partial charge is 0.353 e.